The van der Waals surface area contributed by atoms with Crippen LogP contribution in [0.5, 0.6) is 0 Å². The Labute approximate surface area is 123 Å². The topological polar surface area (TPSA) is 74.7 Å². The molecule has 2 heterocycles. The number of aryl methyl sites for hydroxylation is 1. The van der Waals surface area contributed by atoms with E-state index >= 15 is 0 Å². The van der Waals surface area contributed by atoms with E-state index < -0.39 is 0 Å². The molecule has 0 saturated heterocycles. The lowest BCUT2D eigenvalue weighted by atomic mass is 9.96. The molecule has 0 aliphatic carbocycles. The van der Waals surface area contributed by atoms with Crippen LogP contribution in [0, 0.1) is 0 Å². The van der Waals surface area contributed by atoms with E-state index in [2.05, 4.69) is 46.2 Å². The van der Waals surface area contributed by atoms with Crippen molar-refractivity contribution in [2.45, 2.75) is 25.8 Å². The largest absolute Gasteiger partial charge is 0.409 e. The highest BCUT2D eigenvalue weighted by atomic mass is 16.4. The van der Waals surface area contributed by atoms with Crippen LogP contribution in [0.25, 0.3) is 0 Å². The predicted molar refractivity (Wildman–Crippen MR) is 83.1 cm³/mol. The Morgan fingerprint density at radius 2 is 2.14 bits per heavy atom. The molecule has 108 valence electrons. The molecule has 0 amide bonds. The predicted octanol–water partition coefficient (Wildman–Crippen LogP) is 2.65. The van der Waals surface area contributed by atoms with Crippen LogP contribution < -0.4 is 10.6 Å². The maximum atomic E-state index is 8.70. The summed E-state index contributed by atoms with van der Waals surface area (Å²) in [7, 11) is 0. The summed E-state index contributed by atoms with van der Waals surface area (Å²) >= 11 is 0. The van der Waals surface area contributed by atoms with Crippen molar-refractivity contribution < 1.29 is 5.21 Å². The van der Waals surface area contributed by atoms with Gasteiger partial charge < -0.3 is 15.8 Å². The molecule has 21 heavy (non-hydrogen) atoms. The number of amidine groups is 1. The van der Waals surface area contributed by atoms with Crippen molar-refractivity contribution in [3.63, 3.8) is 0 Å². The third-order valence-corrected chi connectivity index (χ3v) is 3.92. The van der Waals surface area contributed by atoms with E-state index in [0.29, 0.717) is 11.6 Å². The number of hydrogen-bond acceptors (Lipinski definition) is 4. The molecule has 0 bridgehead atoms. The van der Waals surface area contributed by atoms with Gasteiger partial charge in [0.15, 0.2) is 5.84 Å². The molecule has 1 aliphatic rings. The molecule has 2 aromatic rings. The van der Waals surface area contributed by atoms with Gasteiger partial charge in [-0.3, -0.25) is 0 Å². The highest BCUT2D eigenvalue weighted by molar-refractivity contribution is 5.96. The molecule has 0 saturated carbocycles. The number of hydrogen-bond donors (Lipinski definition) is 2. The normalized spacial score (nSPS) is 18.4. The summed E-state index contributed by atoms with van der Waals surface area (Å²) in [5.41, 5.74) is 8.74. The van der Waals surface area contributed by atoms with Gasteiger partial charge in [0.2, 0.25) is 0 Å². The van der Waals surface area contributed by atoms with Crippen molar-refractivity contribution in [2.24, 2.45) is 10.9 Å². The van der Waals surface area contributed by atoms with E-state index in [1.807, 2.05) is 12.1 Å². The summed E-state index contributed by atoms with van der Waals surface area (Å²) in [6, 6.07) is 12.5. The lowest BCUT2D eigenvalue weighted by Crippen LogP contribution is -2.33. The quantitative estimate of drug-likeness (QED) is 0.384. The number of pyridine rings is 1. The number of nitrogens with zero attached hydrogens (tertiary/aromatic N) is 3. The summed E-state index contributed by atoms with van der Waals surface area (Å²) in [6.45, 7) is 2.20. The number of para-hydroxylation sites is 1. The average Bonchev–Trinajstić information content (AvgIpc) is 2.54. The van der Waals surface area contributed by atoms with Crippen LogP contribution in [0.4, 0.5) is 11.5 Å². The summed E-state index contributed by atoms with van der Waals surface area (Å²) in [6.07, 6.45) is 3.82. The van der Waals surface area contributed by atoms with Gasteiger partial charge >= 0.3 is 0 Å². The van der Waals surface area contributed by atoms with E-state index in [1.165, 1.54) is 11.3 Å². The first-order valence-corrected chi connectivity index (χ1v) is 7.02. The highest BCUT2D eigenvalue weighted by Crippen LogP contribution is 2.35. The fourth-order valence-electron chi connectivity index (χ4n) is 2.78. The van der Waals surface area contributed by atoms with E-state index in [-0.39, 0.29) is 5.84 Å². The van der Waals surface area contributed by atoms with E-state index in [4.69, 9.17) is 10.9 Å². The van der Waals surface area contributed by atoms with Crippen LogP contribution in [0.1, 0.15) is 24.5 Å². The number of nitrogens with two attached hydrogens (primary N) is 1. The number of aromatic nitrogens is 1. The van der Waals surface area contributed by atoms with Crippen LogP contribution in [-0.4, -0.2) is 22.1 Å². The fraction of sp³-hybridized carbons (Fsp3) is 0.250. The van der Waals surface area contributed by atoms with E-state index in [0.717, 1.165) is 18.7 Å². The molecule has 5 heteroatoms. The highest BCUT2D eigenvalue weighted by Gasteiger charge is 2.24. The lowest BCUT2D eigenvalue weighted by molar-refractivity contribution is 0.318. The molecular formula is C16H18N4O. The Balaban J connectivity index is 2.00. The molecule has 0 radical (unpaired) electrons. The van der Waals surface area contributed by atoms with Gasteiger partial charge in [0, 0.05) is 23.5 Å². The zero-order valence-electron chi connectivity index (χ0n) is 11.9. The van der Waals surface area contributed by atoms with Crippen LogP contribution in [0.3, 0.4) is 0 Å². The van der Waals surface area contributed by atoms with Crippen molar-refractivity contribution in [1.82, 2.24) is 4.98 Å². The first kappa shape index (κ1) is 13.4. The molecule has 3 rings (SSSR count). The molecule has 3 N–H and O–H groups in total. The van der Waals surface area contributed by atoms with Crippen molar-refractivity contribution in [3.05, 3.63) is 53.7 Å². The lowest BCUT2D eigenvalue weighted by Gasteiger charge is -2.36. The second-order valence-electron chi connectivity index (χ2n) is 5.28. The van der Waals surface area contributed by atoms with E-state index in [1.54, 1.807) is 6.20 Å². The fourth-order valence-corrected chi connectivity index (χ4v) is 2.78. The summed E-state index contributed by atoms with van der Waals surface area (Å²) < 4.78 is 0. The minimum atomic E-state index is 0.0705. The van der Waals surface area contributed by atoms with Crippen molar-refractivity contribution in [2.75, 3.05) is 4.90 Å². The summed E-state index contributed by atoms with van der Waals surface area (Å²) in [5.74, 6) is 0.949. The first-order chi connectivity index (χ1) is 10.2. The van der Waals surface area contributed by atoms with Gasteiger partial charge in [-0.1, -0.05) is 23.4 Å². The maximum absolute atomic E-state index is 8.70. The van der Waals surface area contributed by atoms with Crippen molar-refractivity contribution in [3.8, 4) is 0 Å². The molecule has 1 aliphatic heterocycles. The summed E-state index contributed by atoms with van der Waals surface area (Å²) in [5, 5.41) is 11.7. The Morgan fingerprint density at radius 1 is 1.33 bits per heavy atom. The Hall–Kier alpha value is -2.56. The average molecular weight is 282 g/mol. The Kier molecular flexibility index (Phi) is 3.48. The standard InChI is InChI=1S/C16H18N4O/c1-11-6-7-12-4-2-3-5-14(12)20(11)15-9-8-13(10-18-15)16(17)19-21/h2-5,8-11,21H,6-7H2,1H3,(H2,17,19). The third kappa shape index (κ3) is 2.42. The van der Waals surface area contributed by atoms with Crippen LogP contribution in [0.2, 0.25) is 0 Å². The van der Waals surface area contributed by atoms with Crippen LogP contribution in [0.15, 0.2) is 47.8 Å². The zero-order valence-corrected chi connectivity index (χ0v) is 11.9. The second kappa shape index (κ2) is 5.44. The number of oxime groups is 1. The smallest absolute Gasteiger partial charge is 0.171 e. The third-order valence-electron chi connectivity index (χ3n) is 3.92. The number of rotatable bonds is 2. The van der Waals surface area contributed by atoms with Gasteiger partial charge in [0.25, 0.3) is 0 Å². The SMILES string of the molecule is CC1CCc2ccccc2N1c1ccc(/C(N)=N/O)cn1. The molecule has 1 unspecified atom stereocenters. The molecular weight excluding hydrogens is 264 g/mol. The van der Waals surface area contributed by atoms with Crippen molar-refractivity contribution >= 4 is 17.3 Å². The van der Waals surface area contributed by atoms with Crippen LogP contribution in [-0.2, 0) is 6.42 Å². The molecule has 1 aromatic carbocycles. The maximum Gasteiger partial charge on any atom is 0.171 e. The van der Waals surface area contributed by atoms with Gasteiger partial charge in [-0.15, -0.1) is 0 Å². The number of benzene rings is 1. The van der Waals surface area contributed by atoms with Gasteiger partial charge in [-0.2, -0.15) is 0 Å². The monoisotopic (exact) mass is 282 g/mol. The molecule has 1 aromatic heterocycles. The van der Waals surface area contributed by atoms with Gasteiger partial charge in [-0.05, 0) is 43.5 Å². The minimum Gasteiger partial charge on any atom is -0.409 e. The van der Waals surface area contributed by atoms with Gasteiger partial charge in [0.1, 0.15) is 5.82 Å². The van der Waals surface area contributed by atoms with Crippen molar-refractivity contribution in [1.29, 1.82) is 0 Å². The van der Waals surface area contributed by atoms with E-state index in [9.17, 15) is 0 Å². The second-order valence-corrected chi connectivity index (χ2v) is 5.28. The summed E-state index contributed by atoms with van der Waals surface area (Å²) in [4.78, 5) is 6.72. The molecule has 5 nitrogen and oxygen atoms in total. The molecule has 1 atom stereocenters. The Morgan fingerprint density at radius 3 is 2.86 bits per heavy atom. The molecule has 0 spiro atoms. The van der Waals surface area contributed by atoms with Crippen LogP contribution >= 0.6 is 0 Å². The zero-order chi connectivity index (χ0) is 14.8. The minimum absolute atomic E-state index is 0.0705. The van der Waals surface area contributed by atoms with Gasteiger partial charge in [0.05, 0.1) is 0 Å². The number of fused-ring (bicyclic) bond motifs is 1. The number of anilines is 2. The van der Waals surface area contributed by atoms with Gasteiger partial charge in [-0.25, -0.2) is 4.98 Å². The Bertz CT molecular complexity index is 666. The molecule has 0 fully saturated rings. The first-order valence-electron chi connectivity index (χ1n) is 7.02.